The Balaban J connectivity index is 0.00000361. The summed E-state index contributed by atoms with van der Waals surface area (Å²) in [7, 11) is 1.69. The number of nitrogens with one attached hydrogen (secondary N) is 2. The third-order valence-electron chi connectivity index (χ3n) is 2.54. The van der Waals surface area contributed by atoms with Gasteiger partial charge in [0.15, 0.2) is 5.96 Å². The molecule has 5 heteroatoms. The van der Waals surface area contributed by atoms with Gasteiger partial charge in [0.25, 0.3) is 0 Å². The number of aliphatic imine (C=N–C) groups is 1. The Kier molecular flexibility index (Phi) is 9.37. The maximum absolute atomic E-state index is 5.27. The van der Waals surface area contributed by atoms with Gasteiger partial charge in [-0.05, 0) is 51.0 Å². The van der Waals surface area contributed by atoms with Gasteiger partial charge in [0.1, 0.15) is 5.75 Å². The number of benzene rings is 1. The summed E-state index contributed by atoms with van der Waals surface area (Å²) in [4.78, 5) is 4.58. The van der Waals surface area contributed by atoms with Crippen molar-refractivity contribution in [2.24, 2.45) is 4.99 Å². The van der Waals surface area contributed by atoms with Gasteiger partial charge in [-0.25, -0.2) is 4.99 Å². The lowest BCUT2D eigenvalue weighted by Crippen LogP contribution is -2.40. The summed E-state index contributed by atoms with van der Waals surface area (Å²) in [5.74, 6) is 1.73. The molecule has 0 saturated carbocycles. The Morgan fingerprint density at radius 2 is 2.00 bits per heavy atom. The molecule has 0 aromatic heterocycles. The number of hydrogen-bond acceptors (Lipinski definition) is 2. The standard InChI is InChI=1S/C15H25N3O.HI/c1-6-16-15(18-11(2)3)17-10-13-7-12(4)8-14(9-13)19-5;/h7-9,11H,6,10H2,1-5H3,(H2,16,17,18);1H. The molecule has 0 fully saturated rings. The van der Waals surface area contributed by atoms with Crippen LogP contribution in [0.1, 0.15) is 31.9 Å². The molecule has 0 heterocycles. The molecule has 0 aliphatic heterocycles. The largest absolute Gasteiger partial charge is 0.497 e. The summed E-state index contributed by atoms with van der Waals surface area (Å²) >= 11 is 0. The van der Waals surface area contributed by atoms with E-state index in [2.05, 4.69) is 49.4 Å². The molecule has 1 aromatic rings. The lowest BCUT2D eigenvalue weighted by Gasteiger charge is -2.14. The van der Waals surface area contributed by atoms with Crippen molar-refractivity contribution in [3.05, 3.63) is 29.3 Å². The SMILES string of the molecule is CCNC(=NCc1cc(C)cc(OC)c1)NC(C)C.I. The average Bonchev–Trinajstić information content (AvgIpc) is 2.35. The van der Waals surface area contributed by atoms with E-state index in [1.807, 2.05) is 12.1 Å². The first-order valence-electron chi connectivity index (χ1n) is 6.74. The van der Waals surface area contributed by atoms with E-state index in [0.717, 1.165) is 23.8 Å². The quantitative estimate of drug-likeness (QED) is 0.461. The molecule has 1 rings (SSSR count). The Bertz CT molecular complexity index is 433. The van der Waals surface area contributed by atoms with Gasteiger partial charge in [-0.15, -0.1) is 24.0 Å². The van der Waals surface area contributed by atoms with E-state index in [-0.39, 0.29) is 24.0 Å². The lowest BCUT2D eigenvalue weighted by molar-refractivity contribution is 0.414. The monoisotopic (exact) mass is 391 g/mol. The fourth-order valence-electron chi connectivity index (χ4n) is 1.80. The van der Waals surface area contributed by atoms with Crippen LogP contribution in [0.3, 0.4) is 0 Å². The molecule has 2 N–H and O–H groups in total. The highest BCUT2D eigenvalue weighted by Crippen LogP contribution is 2.16. The van der Waals surface area contributed by atoms with Crippen molar-refractivity contribution in [3.63, 3.8) is 0 Å². The predicted molar refractivity (Wildman–Crippen MR) is 96.2 cm³/mol. The summed E-state index contributed by atoms with van der Waals surface area (Å²) in [6.45, 7) is 9.82. The third kappa shape index (κ3) is 6.98. The molecule has 0 aliphatic carbocycles. The number of hydrogen-bond donors (Lipinski definition) is 2. The van der Waals surface area contributed by atoms with Crippen molar-refractivity contribution < 1.29 is 4.74 Å². The van der Waals surface area contributed by atoms with Gasteiger partial charge >= 0.3 is 0 Å². The van der Waals surface area contributed by atoms with Crippen LogP contribution in [0.2, 0.25) is 0 Å². The Hall–Kier alpha value is -0.980. The fourth-order valence-corrected chi connectivity index (χ4v) is 1.80. The van der Waals surface area contributed by atoms with Crippen LogP contribution in [-0.4, -0.2) is 25.7 Å². The van der Waals surface area contributed by atoms with E-state index in [4.69, 9.17) is 4.74 Å². The Labute approximate surface area is 139 Å². The maximum atomic E-state index is 5.27. The fraction of sp³-hybridized carbons (Fsp3) is 0.533. The van der Waals surface area contributed by atoms with Crippen molar-refractivity contribution in [1.29, 1.82) is 0 Å². The molecule has 0 spiro atoms. The van der Waals surface area contributed by atoms with Gasteiger partial charge < -0.3 is 15.4 Å². The molecule has 0 bridgehead atoms. The normalized spacial score (nSPS) is 11.0. The highest BCUT2D eigenvalue weighted by molar-refractivity contribution is 14.0. The highest BCUT2D eigenvalue weighted by Gasteiger charge is 2.01. The van der Waals surface area contributed by atoms with Crippen LogP contribution in [-0.2, 0) is 6.54 Å². The first-order chi connectivity index (χ1) is 9.05. The van der Waals surface area contributed by atoms with E-state index in [1.54, 1.807) is 7.11 Å². The van der Waals surface area contributed by atoms with Crippen molar-refractivity contribution in [3.8, 4) is 5.75 Å². The molecule has 1 aromatic carbocycles. The zero-order valence-corrected chi connectivity index (χ0v) is 15.3. The van der Waals surface area contributed by atoms with Crippen molar-refractivity contribution in [2.45, 2.75) is 40.3 Å². The number of aryl methyl sites for hydroxylation is 1. The van der Waals surface area contributed by atoms with Crippen LogP contribution < -0.4 is 15.4 Å². The predicted octanol–water partition coefficient (Wildman–Crippen LogP) is 3.09. The number of guanidine groups is 1. The summed E-state index contributed by atoms with van der Waals surface area (Å²) < 4.78 is 5.27. The number of ether oxygens (including phenoxy) is 1. The van der Waals surface area contributed by atoms with Gasteiger partial charge in [0.05, 0.1) is 13.7 Å². The first kappa shape index (κ1) is 19.0. The van der Waals surface area contributed by atoms with Crippen LogP contribution in [0.15, 0.2) is 23.2 Å². The molecule has 4 nitrogen and oxygen atoms in total. The van der Waals surface area contributed by atoms with Crippen molar-refractivity contribution in [1.82, 2.24) is 10.6 Å². The van der Waals surface area contributed by atoms with Crippen molar-refractivity contribution >= 4 is 29.9 Å². The Morgan fingerprint density at radius 1 is 1.30 bits per heavy atom. The highest BCUT2D eigenvalue weighted by atomic mass is 127. The number of nitrogens with zero attached hydrogens (tertiary/aromatic N) is 1. The summed E-state index contributed by atoms with van der Waals surface area (Å²) in [5.41, 5.74) is 2.34. The second kappa shape index (κ2) is 9.85. The maximum Gasteiger partial charge on any atom is 0.191 e. The van der Waals surface area contributed by atoms with Gasteiger partial charge in [0.2, 0.25) is 0 Å². The average molecular weight is 391 g/mol. The van der Waals surface area contributed by atoms with Gasteiger partial charge in [-0.2, -0.15) is 0 Å². The smallest absolute Gasteiger partial charge is 0.191 e. The molecule has 0 saturated heterocycles. The molecule has 0 radical (unpaired) electrons. The molecular formula is C15H26IN3O. The van der Waals surface area contributed by atoms with E-state index >= 15 is 0 Å². The topological polar surface area (TPSA) is 45.7 Å². The zero-order chi connectivity index (χ0) is 14.3. The molecule has 0 amide bonds. The van der Waals surface area contributed by atoms with E-state index in [0.29, 0.717) is 12.6 Å². The number of halogens is 1. The number of methoxy groups -OCH3 is 1. The summed E-state index contributed by atoms with van der Waals surface area (Å²) in [6.07, 6.45) is 0. The lowest BCUT2D eigenvalue weighted by atomic mass is 10.1. The van der Waals surface area contributed by atoms with Crippen molar-refractivity contribution in [2.75, 3.05) is 13.7 Å². The van der Waals surface area contributed by atoms with Crippen LogP contribution in [0.25, 0.3) is 0 Å². The molecule has 114 valence electrons. The zero-order valence-electron chi connectivity index (χ0n) is 13.0. The van der Waals surface area contributed by atoms with Crippen LogP contribution in [0.4, 0.5) is 0 Å². The van der Waals surface area contributed by atoms with Gasteiger partial charge in [0, 0.05) is 12.6 Å². The molecule has 20 heavy (non-hydrogen) atoms. The number of rotatable bonds is 5. The Morgan fingerprint density at radius 3 is 2.55 bits per heavy atom. The minimum Gasteiger partial charge on any atom is -0.497 e. The molecular weight excluding hydrogens is 365 g/mol. The van der Waals surface area contributed by atoms with E-state index in [1.165, 1.54) is 5.56 Å². The van der Waals surface area contributed by atoms with Gasteiger partial charge in [-0.1, -0.05) is 6.07 Å². The molecule has 0 atom stereocenters. The van der Waals surface area contributed by atoms with Crippen LogP contribution in [0, 0.1) is 6.92 Å². The van der Waals surface area contributed by atoms with Crippen LogP contribution >= 0.6 is 24.0 Å². The van der Waals surface area contributed by atoms with E-state index < -0.39 is 0 Å². The molecule has 0 unspecified atom stereocenters. The molecule has 0 aliphatic rings. The van der Waals surface area contributed by atoms with E-state index in [9.17, 15) is 0 Å². The first-order valence-corrected chi connectivity index (χ1v) is 6.74. The third-order valence-corrected chi connectivity index (χ3v) is 2.54. The second-order valence-electron chi connectivity index (χ2n) is 4.85. The second-order valence-corrected chi connectivity index (χ2v) is 4.85. The van der Waals surface area contributed by atoms with Gasteiger partial charge in [-0.3, -0.25) is 0 Å². The minimum absolute atomic E-state index is 0. The summed E-state index contributed by atoms with van der Waals surface area (Å²) in [6, 6.07) is 6.54. The van der Waals surface area contributed by atoms with Crippen LogP contribution in [0.5, 0.6) is 5.75 Å². The minimum atomic E-state index is 0. The summed E-state index contributed by atoms with van der Waals surface area (Å²) in [5, 5.41) is 6.54.